The Morgan fingerprint density at radius 1 is 1.11 bits per heavy atom. The van der Waals surface area contributed by atoms with Crippen LogP contribution in [0.2, 0.25) is 0 Å². The summed E-state index contributed by atoms with van der Waals surface area (Å²) in [6.07, 6.45) is 0. The van der Waals surface area contributed by atoms with Crippen LogP contribution in [0.25, 0.3) is 5.69 Å². The first kappa shape index (κ1) is 18.8. The molecule has 0 radical (unpaired) electrons. The van der Waals surface area contributed by atoms with Crippen LogP contribution in [0.5, 0.6) is 0 Å². The summed E-state index contributed by atoms with van der Waals surface area (Å²) in [6, 6.07) is 9.82. The van der Waals surface area contributed by atoms with Gasteiger partial charge in [0.15, 0.2) is 6.61 Å². The van der Waals surface area contributed by atoms with E-state index in [1.807, 2.05) is 63.4 Å². The van der Waals surface area contributed by atoms with Gasteiger partial charge in [0.05, 0.1) is 22.8 Å². The number of thiophene rings is 1. The number of nitrogens with one attached hydrogen (secondary N) is 1. The average Bonchev–Trinajstić information content (AvgIpc) is 3.19. The minimum atomic E-state index is -0.485. The number of hydrogen-bond acceptors (Lipinski definition) is 5. The Morgan fingerprint density at radius 3 is 2.44 bits per heavy atom. The molecule has 1 aromatic carbocycles. The van der Waals surface area contributed by atoms with E-state index in [0.29, 0.717) is 16.3 Å². The van der Waals surface area contributed by atoms with Crippen molar-refractivity contribution in [2.24, 2.45) is 0 Å². The van der Waals surface area contributed by atoms with E-state index in [4.69, 9.17) is 4.74 Å². The zero-order chi connectivity index (χ0) is 19.6. The number of rotatable bonds is 5. The molecule has 2 heterocycles. The minimum Gasteiger partial charge on any atom is -0.451 e. The highest BCUT2D eigenvalue weighted by molar-refractivity contribution is 7.12. The lowest BCUT2D eigenvalue weighted by molar-refractivity contribution is -0.119. The Kier molecular flexibility index (Phi) is 5.41. The lowest BCUT2D eigenvalue weighted by atomic mass is 10.2. The van der Waals surface area contributed by atoms with E-state index < -0.39 is 11.9 Å². The Hall–Kier alpha value is -2.93. The Bertz CT molecular complexity index is 987. The van der Waals surface area contributed by atoms with Gasteiger partial charge < -0.3 is 10.1 Å². The van der Waals surface area contributed by atoms with Gasteiger partial charge >= 0.3 is 5.97 Å². The summed E-state index contributed by atoms with van der Waals surface area (Å²) in [5, 5.41) is 9.12. The van der Waals surface area contributed by atoms with E-state index >= 15 is 0 Å². The minimum absolute atomic E-state index is 0.342. The molecular formula is C20H21N3O3S. The molecule has 3 aromatic rings. The van der Waals surface area contributed by atoms with Gasteiger partial charge in [-0.1, -0.05) is 17.7 Å². The molecule has 0 saturated heterocycles. The number of nitrogens with zero attached hydrogens (tertiary/aromatic N) is 2. The van der Waals surface area contributed by atoms with Crippen molar-refractivity contribution in [1.82, 2.24) is 9.78 Å². The van der Waals surface area contributed by atoms with Crippen molar-refractivity contribution in [3.63, 3.8) is 0 Å². The topological polar surface area (TPSA) is 73.2 Å². The lowest BCUT2D eigenvalue weighted by Crippen LogP contribution is -2.21. The molecule has 0 saturated carbocycles. The zero-order valence-corrected chi connectivity index (χ0v) is 16.5. The fraction of sp³-hybridized carbons (Fsp3) is 0.250. The summed E-state index contributed by atoms with van der Waals surface area (Å²) in [4.78, 5) is 24.8. The fourth-order valence-corrected chi connectivity index (χ4v) is 3.53. The molecule has 0 aliphatic heterocycles. The van der Waals surface area contributed by atoms with Crippen molar-refractivity contribution in [3.8, 4) is 5.69 Å². The van der Waals surface area contributed by atoms with E-state index in [0.717, 1.165) is 22.5 Å². The number of anilines is 1. The SMILES string of the molecule is Cc1ccc(-n2nc(C)c(NC(=O)COC(=O)c3sccc3C)c2C)cc1. The third-order valence-electron chi connectivity index (χ3n) is 4.22. The van der Waals surface area contributed by atoms with E-state index in [2.05, 4.69) is 10.4 Å². The first-order chi connectivity index (χ1) is 12.9. The standard InChI is InChI=1S/C20H21N3O3S/c1-12-5-7-16(8-6-12)23-15(4)18(14(3)22-23)21-17(24)11-26-20(25)19-13(2)9-10-27-19/h5-10H,11H2,1-4H3,(H,21,24). The molecule has 0 atom stereocenters. The lowest BCUT2D eigenvalue weighted by Gasteiger charge is -2.08. The van der Waals surface area contributed by atoms with Crippen molar-refractivity contribution in [2.45, 2.75) is 27.7 Å². The van der Waals surface area contributed by atoms with Gasteiger partial charge in [0.1, 0.15) is 4.88 Å². The van der Waals surface area contributed by atoms with Crippen LogP contribution in [0.4, 0.5) is 5.69 Å². The second-order valence-electron chi connectivity index (χ2n) is 6.35. The summed E-state index contributed by atoms with van der Waals surface area (Å²) in [5.41, 5.74) is 5.06. The number of amides is 1. The fourth-order valence-electron chi connectivity index (χ4n) is 2.71. The summed E-state index contributed by atoms with van der Waals surface area (Å²) in [7, 11) is 0. The predicted molar refractivity (Wildman–Crippen MR) is 106 cm³/mol. The highest BCUT2D eigenvalue weighted by Crippen LogP contribution is 2.23. The molecule has 7 heteroatoms. The number of ether oxygens (including phenoxy) is 1. The maximum Gasteiger partial charge on any atom is 0.349 e. The molecular weight excluding hydrogens is 362 g/mol. The molecule has 2 aromatic heterocycles. The smallest absolute Gasteiger partial charge is 0.349 e. The maximum absolute atomic E-state index is 12.2. The van der Waals surface area contributed by atoms with Crippen molar-refractivity contribution >= 4 is 28.9 Å². The predicted octanol–water partition coefficient (Wildman–Crippen LogP) is 3.96. The van der Waals surface area contributed by atoms with Gasteiger partial charge in [-0.2, -0.15) is 5.10 Å². The number of benzene rings is 1. The van der Waals surface area contributed by atoms with E-state index in [-0.39, 0.29) is 6.61 Å². The van der Waals surface area contributed by atoms with Crippen LogP contribution >= 0.6 is 11.3 Å². The molecule has 27 heavy (non-hydrogen) atoms. The van der Waals surface area contributed by atoms with Crippen LogP contribution in [0.1, 0.15) is 32.2 Å². The summed E-state index contributed by atoms with van der Waals surface area (Å²) in [5.74, 6) is -0.881. The quantitative estimate of drug-likeness (QED) is 0.677. The van der Waals surface area contributed by atoms with Crippen LogP contribution in [0.3, 0.4) is 0 Å². The highest BCUT2D eigenvalue weighted by atomic mass is 32.1. The van der Waals surface area contributed by atoms with E-state index in [9.17, 15) is 9.59 Å². The van der Waals surface area contributed by atoms with Crippen molar-refractivity contribution < 1.29 is 14.3 Å². The summed E-state index contributed by atoms with van der Waals surface area (Å²) < 4.78 is 6.90. The average molecular weight is 383 g/mol. The van der Waals surface area contributed by atoms with Gasteiger partial charge in [0.25, 0.3) is 5.91 Å². The number of hydrogen-bond donors (Lipinski definition) is 1. The normalized spacial score (nSPS) is 10.7. The number of carbonyl (C=O) groups excluding carboxylic acids is 2. The van der Waals surface area contributed by atoms with Gasteiger partial charge in [0, 0.05) is 0 Å². The molecule has 0 unspecified atom stereocenters. The Labute approximate surface area is 161 Å². The highest BCUT2D eigenvalue weighted by Gasteiger charge is 2.17. The van der Waals surface area contributed by atoms with Crippen molar-refractivity contribution in [3.05, 3.63) is 63.1 Å². The second kappa shape index (κ2) is 7.75. The first-order valence-corrected chi connectivity index (χ1v) is 9.39. The maximum atomic E-state index is 12.2. The monoisotopic (exact) mass is 383 g/mol. The van der Waals surface area contributed by atoms with E-state index in [1.54, 1.807) is 4.68 Å². The molecule has 0 fully saturated rings. The van der Waals surface area contributed by atoms with Crippen LogP contribution < -0.4 is 5.32 Å². The molecule has 0 bridgehead atoms. The van der Waals surface area contributed by atoms with Gasteiger partial charge in [-0.25, -0.2) is 9.48 Å². The third kappa shape index (κ3) is 4.09. The van der Waals surface area contributed by atoms with Crippen LogP contribution in [-0.2, 0) is 9.53 Å². The molecule has 140 valence electrons. The molecule has 0 aliphatic carbocycles. The molecule has 0 aliphatic rings. The number of carbonyl (C=O) groups is 2. The van der Waals surface area contributed by atoms with Crippen molar-refractivity contribution in [1.29, 1.82) is 0 Å². The second-order valence-corrected chi connectivity index (χ2v) is 7.27. The zero-order valence-electron chi connectivity index (χ0n) is 15.7. The van der Waals surface area contributed by atoms with Crippen LogP contribution in [-0.4, -0.2) is 28.3 Å². The molecule has 1 N–H and O–H groups in total. The van der Waals surface area contributed by atoms with Crippen LogP contribution in [0, 0.1) is 27.7 Å². The Balaban J connectivity index is 1.68. The number of aromatic nitrogens is 2. The van der Waals surface area contributed by atoms with Crippen molar-refractivity contribution in [2.75, 3.05) is 11.9 Å². The molecule has 0 spiro atoms. The summed E-state index contributed by atoms with van der Waals surface area (Å²) in [6.45, 7) is 7.23. The Morgan fingerprint density at radius 2 is 1.81 bits per heavy atom. The van der Waals surface area contributed by atoms with Crippen LogP contribution in [0.15, 0.2) is 35.7 Å². The van der Waals surface area contributed by atoms with Gasteiger partial charge in [0.2, 0.25) is 0 Å². The van der Waals surface area contributed by atoms with Gasteiger partial charge in [-0.3, -0.25) is 4.79 Å². The first-order valence-electron chi connectivity index (χ1n) is 8.51. The molecule has 6 nitrogen and oxygen atoms in total. The summed E-state index contributed by atoms with van der Waals surface area (Å²) >= 11 is 1.30. The number of esters is 1. The largest absolute Gasteiger partial charge is 0.451 e. The number of aryl methyl sites for hydroxylation is 3. The van der Waals surface area contributed by atoms with Gasteiger partial charge in [-0.05, 0) is 56.8 Å². The third-order valence-corrected chi connectivity index (χ3v) is 5.21. The van der Waals surface area contributed by atoms with E-state index in [1.165, 1.54) is 11.3 Å². The van der Waals surface area contributed by atoms with Gasteiger partial charge in [-0.15, -0.1) is 11.3 Å². The molecule has 3 rings (SSSR count). The molecule has 1 amide bonds.